The Labute approximate surface area is 127 Å². The molecule has 2 N–H and O–H groups in total. The van der Waals surface area contributed by atoms with E-state index in [0.29, 0.717) is 24.4 Å². The Kier molecular flexibility index (Phi) is 3.54. The van der Waals surface area contributed by atoms with Crippen LogP contribution in [-0.2, 0) is 18.3 Å². The van der Waals surface area contributed by atoms with Crippen LogP contribution in [0.25, 0.3) is 0 Å². The van der Waals surface area contributed by atoms with Crippen LogP contribution in [-0.4, -0.2) is 28.7 Å². The van der Waals surface area contributed by atoms with Crippen LogP contribution in [0.5, 0.6) is 5.88 Å². The number of carbonyl (C=O) groups excluding carboxylic acids is 2. The molecule has 1 aromatic carbocycles. The average molecular weight is 300 g/mol. The molecule has 3 rings (SSSR count). The van der Waals surface area contributed by atoms with Gasteiger partial charge >= 0.3 is 0 Å². The van der Waals surface area contributed by atoms with E-state index in [9.17, 15) is 9.59 Å². The predicted octanol–water partition coefficient (Wildman–Crippen LogP) is 1.57. The first-order valence-corrected chi connectivity index (χ1v) is 6.89. The van der Waals surface area contributed by atoms with E-state index < -0.39 is 0 Å². The maximum atomic E-state index is 12.2. The fraction of sp³-hybridized carbons (Fsp3) is 0.267. The molecule has 7 nitrogen and oxygen atoms in total. The number of nitrogens with zero attached hydrogens (tertiary/aromatic N) is 2. The van der Waals surface area contributed by atoms with Crippen molar-refractivity contribution in [3.05, 3.63) is 35.5 Å². The van der Waals surface area contributed by atoms with Crippen LogP contribution in [0, 0.1) is 0 Å². The minimum Gasteiger partial charge on any atom is -0.481 e. The Morgan fingerprint density at radius 2 is 2.18 bits per heavy atom. The highest BCUT2D eigenvalue weighted by molar-refractivity contribution is 6.03. The van der Waals surface area contributed by atoms with E-state index >= 15 is 0 Å². The fourth-order valence-corrected chi connectivity index (χ4v) is 2.41. The van der Waals surface area contributed by atoms with Gasteiger partial charge in [-0.25, -0.2) is 4.68 Å². The van der Waals surface area contributed by atoms with E-state index in [2.05, 4.69) is 15.7 Å². The van der Waals surface area contributed by atoms with Crippen LogP contribution < -0.4 is 15.4 Å². The Balaban J connectivity index is 1.78. The molecule has 1 aliphatic rings. The van der Waals surface area contributed by atoms with Gasteiger partial charge in [0.25, 0.3) is 5.91 Å². The van der Waals surface area contributed by atoms with Crippen LogP contribution >= 0.6 is 0 Å². The number of hydrogen-bond donors (Lipinski definition) is 2. The molecule has 2 heterocycles. The molecule has 22 heavy (non-hydrogen) atoms. The molecule has 0 atom stereocenters. The normalized spacial score (nSPS) is 13.3. The highest BCUT2D eigenvalue weighted by Gasteiger charge is 2.17. The largest absolute Gasteiger partial charge is 0.481 e. The molecule has 1 aliphatic heterocycles. The van der Waals surface area contributed by atoms with Gasteiger partial charge in [-0.1, -0.05) is 0 Å². The van der Waals surface area contributed by atoms with Gasteiger partial charge in [-0.3, -0.25) is 9.59 Å². The van der Waals surface area contributed by atoms with Crippen LogP contribution in [0.15, 0.2) is 24.3 Å². The summed E-state index contributed by atoms with van der Waals surface area (Å²) in [5.41, 5.74) is 2.76. The monoisotopic (exact) mass is 300 g/mol. The molecule has 114 valence electrons. The molecule has 0 spiro atoms. The first-order valence-electron chi connectivity index (χ1n) is 6.89. The van der Waals surface area contributed by atoms with Crippen molar-refractivity contribution >= 4 is 23.2 Å². The zero-order valence-electron chi connectivity index (χ0n) is 12.3. The first kappa shape index (κ1) is 14.1. The third-order valence-corrected chi connectivity index (χ3v) is 3.54. The number of ether oxygens (including phenoxy) is 1. The van der Waals surface area contributed by atoms with E-state index in [1.54, 1.807) is 25.2 Å². The predicted molar refractivity (Wildman–Crippen MR) is 81.1 cm³/mol. The average Bonchev–Trinajstić information content (AvgIpc) is 2.88. The lowest BCUT2D eigenvalue weighted by atomic mass is 10.0. The number of amides is 2. The SMILES string of the molecule is COc1cc(C(=O)Nc2ccc3c(c2)CCC(=O)N3)nn1C. The first-order chi connectivity index (χ1) is 10.6. The number of fused-ring (bicyclic) bond motifs is 1. The standard InChI is InChI=1S/C15H16N4O3/c1-19-14(22-2)8-12(18-19)15(21)16-10-4-5-11-9(7-10)3-6-13(20)17-11/h4-5,7-8H,3,6H2,1-2H3,(H,16,21)(H,17,20). The van der Waals surface area contributed by atoms with Gasteiger partial charge in [-0.2, -0.15) is 5.10 Å². The van der Waals surface area contributed by atoms with Gasteiger partial charge in [0.1, 0.15) is 0 Å². The van der Waals surface area contributed by atoms with Crippen molar-refractivity contribution in [3.8, 4) is 5.88 Å². The van der Waals surface area contributed by atoms with Gasteiger partial charge in [0.2, 0.25) is 11.8 Å². The van der Waals surface area contributed by atoms with E-state index in [1.165, 1.54) is 11.8 Å². The summed E-state index contributed by atoms with van der Waals surface area (Å²) in [6.45, 7) is 0. The number of carbonyl (C=O) groups is 2. The van der Waals surface area contributed by atoms with Crippen molar-refractivity contribution in [1.29, 1.82) is 0 Å². The van der Waals surface area contributed by atoms with Crippen molar-refractivity contribution in [2.45, 2.75) is 12.8 Å². The topological polar surface area (TPSA) is 85.2 Å². The molecule has 0 radical (unpaired) electrons. The van der Waals surface area contributed by atoms with Crippen molar-refractivity contribution < 1.29 is 14.3 Å². The van der Waals surface area contributed by atoms with Crippen LogP contribution in [0.4, 0.5) is 11.4 Å². The van der Waals surface area contributed by atoms with Gasteiger partial charge < -0.3 is 15.4 Å². The van der Waals surface area contributed by atoms with Crippen LogP contribution in [0.2, 0.25) is 0 Å². The molecular formula is C15H16N4O3. The summed E-state index contributed by atoms with van der Waals surface area (Å²) in [7, 11) is 3.23. The second kappa shape index (κ2) is 5.51. The summed E-state index contributed by atoms with van der Waals surface area (Å²) in [5, 5.41) is 9.71. The van der Waals surface area contributed by atoms with E-state index in [-0.39, 0.29) is 17.5 Å². The second-order valence-corrected chi connectivity index (χ2v) is 5.07. The van der Waals surface area contributed by atoms with Crippen molar-refractivity contribution in [1.82, 2.24) is 9.78 Å². The van der Waals surface area contributed by atoms with Gasteiger partial charge in [0.05, 0.1) is 7.11 Å². The van der Waals surface area contributed by atoms with Crippen molar-refractivity contribution in [2.24, 2.45) is 7.05 Å². The Hall–Kier alpha value is -2.83. The van der Waals surface area contributed by atoms with Crippen LogP contribution in [0.3, 0.4) is 0 Å². The molecule has 0 fully saturated rings. The van der Waals surface area contributed by atoms with Crippen molar-refractivity contribution in [2.75, 3.05) is 17.7 Å². The Morgan fingerprint density at radius 3 is 2.91 bits per heavy atom. The molecular weight excluding hydrogens is 284 g/mol. The van der Waals surface area contributed by atoms with E-state index in [4.69, 9.17) is 4.74 Å². The number of hydrogen-bond acceptors (Lipinski definition) is 4. The zero-order valence-corrected chi connectivity index (χ0v) is 12.3. The summed E-state index contributed by atoms with van der Waals surface area (Å²) in [6, 6.07) is 6.99. The number of anilines is 2. The Bertz CT molecular complexity index is 751. The Morgan fingerprint density at radius 1 is 1.36 bits per heavy atom. The second-order valence-electron chi connectivity index (χ2n) is 5.07. The zero-order chi connectivity index (χ0) is 15.7. The smallest absolute Gasteiger partial charge is 0.276 e. The van der Waals surface area contributed by atoms with Gasteiger partial charge in [0, 0.05) is 30.9 Å². The summed E-state index contributed by atoms with van der Waals surface area (Å²) in [4.78, 5) is 23.5. The quantitative estimate of drug-likeness (QED) is 0.901. The third kappa shape index (κ3) is 2.65. The molecule has 1 aromatic heterocycles. The summed E-state index contributed by atoms with van der Waals surface area (Å²) >= 11 is 0. The number of rotatable bonds is 3. The third-order valence-electron chi connectivity index (χ3n) is 3.54. The summed E-state index contributed by atoms with van der Waals surface area (Å²) < 4.78 is 6.59. The molecule has 2 aromatic rings. The molecule has 0 aliphatic carbocycles. The summed E-state index contributed by atoms with van der Waals surface area (Å²) in [5.74, 6) is 0.224. The van der Waals surface area contributed by atoms with E-state index in [0.717, 1.165) is 11.3 Å². The van der Waals surface area contributed by atoms with Crippen LogP contribution in [0.1, 0.15) is 22.5 Å². The number of aromatic nitrogens is 2. The molecule has 0 bridgehead atoms. The minimum absolute atomic E-state index is 0.0184. The highest BCUT2D eigenvalue weighted by atomic mass is 16.5. The molecule has 7 heteroatoms. The lowest BCUT2D eigenvalue weighted by Gasteiger charge is -2.17. The molecule has 2 amide bonds. The molecule has 0 saturated heterocycles. The van der Waals surface area contributed by atoms with Gasteiger partial charge in [0.15, 0.2) is 5.69 Å². The summed E-state index contributed by atoms with van der Waals surface area (Å²) in [6.07, 6.45) is 1.13. The van der Waals surface area contributed by atoms with Crippen molar-refractivity contribution in [3.63, 3.8) is 0 Å². The minimum atomic E-state index is -0.307. The maximum absolute atomic E-state index is 12.2. The molecule has 0 saturated carbocycles. The maximum Gasteiger partial charge on any atom is 0.276 e. The highest BCUT2D eigenvalue weighted by Crippen LogP contribution is 2.26. The molecule has 0 unspecified atom stereocenters. The fourth-order valence-electron chi connectivity index (χ4n) is 2.41. The van der Waals surface area contributed by atoms with Gasteiger partial charge in [-0.05, 0) is 30.2 Å². The lowest BCUT2D eigenvalue weighted by molar-refractivity contribution is -0.116. The number of methoxy groups -OCH3 is 1. The lowest BCUT2D eigenvalue weighted by Crippen LogP contribution is -2.19. The van der Waals surface area contributed by atoms with Gasteiger partial charge in [-0.15, -0.1) is 0 Å². The van der Waals surface area contributed by atoms with E-state index in [1.807, 2.05) is 6.07 Å². The number of nitrogens with one attached hydrogen (secondary N) is 2. The number of benzene rings is 1. The number of aryl methyl sites for hydroxylation is 2.